The number of rotatable bonds is 6. The van der Waals surface area contributed by atoms with E-state index in [0.717, 1.165) is 61.3 Å². The van der Waals surface area contributed by atoms with E-state index >= 15 is 0 Å². The zero-order valence-corrected chi connectivity index (χ0v) is 14.6. The molecule has 0 unspecified atom stereocenters. The molecule has 2 heterocycles. The highest BCUT2D eigenvalue weighted by Crippen LogP contribution is 2.32. The first-order chi connectivity index (χ1) is 12.3. The number of hydrogen-bond donors (Lipinski definition) is 2. The minimum Gasteiger partial charge on any atom is -0.490 e. The van der Waals surface area contributed by atoms with Crippen molar-refractivity contribution in [1.29, 1.82) is 0 Å². The number of furan rings is 1. The summed E-state index contributed by atoms with van der Waals surface area (Å²) in [6.45, 7) is 4.98. The fraction of sp³-hybridized carbons (Fsp3) is 0.421. The van der Waals surface area contributed by atoms with Gasteiger partial charge in [0, 0.05) is 37.7 Å². The molecule has 3 rings (SSSR count). The van der Waals surface area contributed by atoms with Gasteiger partial charge in [-0.3, -0.25) is 4.99 Å². The zero-order valence-electron chi connectivity index (χ0n) is 14.6. The summed E-state index contributed by atoms with van der Waals surface area (Å²) in [5.74, 6) is 3.27. The van der Waals surface area contributed by atoms with Crippen molar-refractivity contribution in [3.05, 3.63) is 42.4 Å². The van der Waals surface area contributed by atoms with Crippen molar-refractivity contribution in [3.63, 3.8) is 0 Å². The first-order valence-corrected chi connectivity index (χ1v) is 8.82. The number of nitrogens with one attached hydrogen (secondary N) is 2. The summed E-state index contributed by atoms with van der Waals surface area (Å²) in [6, 6.07) is 9.74. The quantitative estimate of drug-likeness (QED) is 0.621. The van der Waals surface area contributed by atoms with Crippen molar-refractivity contribution in [3.8, 4) is 11.5 Å². The molecule has 2 N–H and O–H groups in total. The van der Waals surface area contributed by atoms with Crippen molar-refractivity contribution in [2.24, 2.45) is 4.99 Å². The van der Waals surface area contributed by atoms with Crippen LogP contribution in [0.15, 0.2) is 46.0 Å². The SMILES string of the molecule is CCCN=C(NCCc1ccco1)Nc1ccc2c(c1)OCCCO2. The van der Waals surface area contributed by atoms with Crippen LogP contribution in [0.3, 0.4) is 0 Å². The summed E-state index contributed by atoms with van der Waals surface area (Å²) in [5, 5.41) is 6.68. The van der Waals surface area contributed by atoms with Crippen molar-refractivity contribution < 1.29 is 13.9 Å². The highest BCUT2D eigenvalue weighted by Gasteiger charge is 2.11. The summed E-state index contributed by atoms with van der Waals surface area (Å²) in [5.41, 5.74) is 0.921. The van der Waals surface area contributed by atoms with E-state index in [4.69, 9.17) is 13.9 Å². The van der Waals surface area contributed by atoms with Gasteiger partial charge >= 0.3 is 0 Å². The lowest BCUT2D eigenvalue weighted by Gasteiger charge is -2.14. The molecule has 0 saturated heterocycles. The van der Waals surface area contributed by atoms with Gasteiger partial charge in [-0.15, -0.1) is 0 Å². The van der Waals surface area contributed by atoms with E-state index in [1.165, 1.54) is 0 Å². The molecular formula is C19H25N3O3. The number of anilines is 1. The Kier molecular flexibility index (Phi) is 6.20. The van der Waals surface area contributed by atoms with E-state index in [2.05, 4.69) is 22.5 Å². The van der Waals surface area contributed by atoms with Crippen molar-refractivity contribution in [2.75, 3.05) is 31.6 Å². The maximum absolute atomic E-state index is 5.74. The minimum absolute atomic E-state index is 0.675. The van der Waals surface area contributed by atoms with Crippen LogP contribution in [-0.2, 0) is 6.42 Å². The van der Waals surface area contributed by atoms with E-state index in [-0.39, 0.29) is 0 Å². The van der Waals surface area contributed by atoms with Crippen LogP contribution >= 0.6 is 0 Å². The van der Waals surface area contributed by atoms with Crippen LogP contribution < -0.4 is 20.1 Å². The second kappa shape index (κ2) is 9.01. The normalized spacial score (nSPS) is 14.0. The number of nitrogens with zero attached hydrogens (tertiary/aromatic N) is 1. The second-order valence-electron chi connectivity index (χ2n) is 5.82. The third-order valence-corrected chi connectivity index (χ3v) is 3.75. The standard InChI is InChI=1S/C19H25N3O3/c1-2-9-20-19(21-10-8-16-5-3-11-23-16)22-15-6-7-17-18(14-15)25-13-4-12-24-17/h3,5-7,11,14H,2,4,8-10,12-13H2,1H3,(H2,20,21,22). The Labute approximate surface area is 148 Å². The predicted octanol–water partition coefficient (Wildman–Crippen LogP) is 3.45. The molecule has 2 aromatic rings. The van der Waals surface area contributed by atoms with Crippen molar-refractivity contribution in [2.45, 2.75) is 26.2 Å². The number of guanidine groups is 1. The third-order valence-electron chi connectivity index (χ3n) is 3.75. The average Bonchev–Trinajstić information content (AvgIpc) is 3.03. The van der Waals surface area contributed by atoms with Gasteiger partial charge in [0.25, 0.3) is 0 Å². The van der Waals surface area contributed by atoms with Crippen LogP contribution in [0.4, 0.5) is 5.69 Å². The molecule has 1 aliphatic heterocycles. The molecular weight excluding hydrogens is 318 g/mol. The number of fused-ring (bicyclic) bond motifs is 1. The lowest BCUT2D eigenvalue weighted by molar-refractivity contribution is 0.297. The maximum Gasteiger partial charge on any atom is 0.195 e. The number of aliphatic imine (C=N–C) groups is 1. The first kappa shape index (κ1) is 17.2. The molecule has 1 aliphatic rings. The molecule has 0 aliphatic carbocycles. The predicted molar refractivity (Wildman–Crippen MR) is 98.7 cm³/mol. The number of hydrogen-bond acceptors (Lipinski definition) is 4. The van der Waals surface area contributed by atoms with E-state index < -0.39 is 0 Å². The Morgan fingerprint density at radius 2 is 2.04 bits per heavy atom. The van der Waals surface area contributed by atoms with Gasteiger partial charge in [-0.25, -0.2) is 0 Å². The lowest BCUT2D eigenvalue weighted by atomic mass is 10.2. The molecule has 1 aromatic carbocycles. The fourth-order valence-corrected chi connectivity index (χ4v) is 2.50. The van der Waals surface area contributed by atoms with E-state index in [1.54, 1.807) is 6.26 Å². The zero-order chi connectivity index (χ0) is 17.3. The molecule has 0 saturated carbocycles. The Hall–Kier alpha value is -2.63. The molecule has 0 spiro atoms. The topological polar surface area (TPSA) is 68.0 Å². The van der Waals surface area contributed by atoms with Gasteiger partial charge in [0.15, 0.2) is 17.5 Å². The Balaban J connectivity index is 1.62. The molecule has 0 radical (unpaired) electrons. The van der Waals surface area contributed by atoms with E-state index in [9.17, 15) is 0 Å². The summed E-state index contributed by atoms with van der Waals surface area (Å²) < 4.78 is 16.8. The summed E-state index contributed by atoms with van der Waals surface area (Å²) in [4.78, 5) is 4.58. The lowest BCUT2D eigenvalue weighted by Crippen LogP contribution is -2.32. The van der Waals surface area contributed by atoms with Gasteiger partial charge in [-0.1, -0.05) is 6.92 Å². The maximum atomic E-state index is 5.74. The highest BCUT2D eigenvalue weighted by atomic mass is 16.5. The molecule has 134 valence electrons. The highest BCUT2D eigenvalue weighted by molar-refractivity contribution is 5.93. The van der Waals surface area contributed by atoms with Gasteiger partial charge in [-0.2, -0.15) is 0 Å². The van der Waals surface area contributed by atoms with Gasteiger partial charge in [0.1, 0.15) is 5.76 Å². The van der Waals surface area contributed by atoms with Gasteiger partial charge < -0.3 is 24.5 Å². The monoisotopic (exact) mass is 343 g/mol. The molecule has 0 amide bonds. The largest absolute Gasteiger partial charge is 0.490 e. The smallest absolute Gasteiger partial charge is 0.195 e. The Morgan fingerprint density at radius 1 is 1.16 bits per heavy atom. The van der Waals surface area contributed by atoms with Crippen molar-refractivity contribution >= 4 is 11.6 Å². The van der Waals surface area contributed by atoms with Crippen LogP contribution in [-0.4, -0.2) is 32.3 Å². The van der Waals surface area contributed by atoms with Crippen LogP contribution in [0.25, 0.3) is 0 Å². The van der Waals surface area contributed by atoms with Gasteiger partial charge in [0.05, 0.1) is 19.5 Å². The van der Waals surface area contributed by atoms with Crippen LogP contribution in [0.2, 0.25) is 0 Å². The molecule has 1 aromatic heterocycles. The molecule has 6 heteroatoms. The van der Waals surface area contributed by atoms with Crippen LogP contribution in [0.1, 0.15) is 25.5 Å². The Bertz CT molecular complexity index is 683. The molecule has 0 bridgehead atoms. The van der Waals surface area contributed by atoms with Gasteiger partial charge in [-0.05, 0) is 30.7 Å². The number of benzene rings is 1. The molecule has 0 fully saturated rings. The van der Waals surface area contributed by atoms with Crippen molar-refractivity contribution in [1.82, 2.24) is 5.32 Å². The van der Waals surface area contributed by atoms with Crippen LogP contribution in [0, 0.1) is 0 Å². The fourth-order valence-electron chi connectivity index (χ4n) is 2.50. The number of ether oxygens (including phenoxy) is 2. The second-order valence-corrected chi connectivity index (χ2v) is 5.82. The summed E-state index contributed by atoms with van der Waals surface area (Å²) >= 11 is 0. The summed E-state index contributed by atoms with van der Waals surface area (Å²) in [6.07, 6.45) is 4.39. The Morgan fingerprint density at radius 3 is 2.84 bits per heavy atom. The first-order valence-electron chi connectivity index (χ1n) is 8.82. The summed E-state index contributed by atoms with van der Waals surface area (Å²) in [7, 11) is 0. The minimum atomic E-state index is 0.675. The molecule has 25 heavy (non-hydrogen) atoms. The van der Waals surface area contributed by atoms with E-state index in [0.29, 0.717) is 13.2 Å². The van der Waals surface area contributed by atoms with Crippen LogP contribution in [0.5, 0.6) is 11.5 Å². The molecule has 6 nitrogen and oxygen atoms in total. The molecule has 0 atom stereocenters. The average molecular weight is 343 g/mol. The third kappa shape index (κ3) is 5.17. The van der Waals surface area contributed by atoms with E-state index in [1.807, 2.05) is 30.3 Å². The van der Waals surface area contributed by atoms with Gasteiger partial charge in [0.2, 0.25) is 0 Å².